The molecule has 0 unspecified atom stereocenters. The summed E-state index contributed by atoms with van der Waals surface area (Å²) in [5, 5.41) is 21.6. The van der Waals surface area contributed by atoms with Crippen molar-refractivity contribution in [3.63, 3.8) is 0 Å². The molecular formula is C16H13BrClFN6O3. The van der Waals surface area contributed by atoms with Crippen LogP contribution in [0.25, 0.3) is 0 Å². The van der Waals surface area contributed by atoms with E-state index in [9.17, 15) is 19.3 Å². The van der Waals surface area contributed by atoms with Gasteiger partial charge in [0.25, 0.3) is 0 Å². The highest BCUT2D eigenvalue weighted by Crippen LogP contribution is 2.27. The Morgan fingerprint density at radius 3 is 2.75 bits per heavy atom. The van der Waals surface area contributed by atoms with E-state index < -0.39 is 10.8 Å². The molecule has 146 valence electrons. The molecule has 0 spiro atoms. The number of amides is 1. The van der Waals surface area contributed by atoms with Crippen molar-refractivity contribution in [1.82, 2.24) is 19.6 Å². The number of aromatic nitrogens is 4. The van der Waals surface area contributed by atoms with Gasteiger partial charge in [-0.15, -0.1) is 0 Å². The summed E-state index contributed by atoms with van der Waals surface area (Å²) in [5.74, 6) is -1.18. The molecule has 0 fully saturated rings. The molecule has 3 aromatic rings. The predicted octanol–water partition coefficient (Wildman–Crippen LogP) is 3.54. The molecule has 0 radical (unpaired) electrons. The molecule has 1 amide bonds. The van der Waals surface area contributed by atoms with Gasteiger partial charge in [0.2, 0.25) is 5.91 Å². The van der Waals surface area contributed by atoms with Crippen LogP contribution < -0.4 is 5.32 Å². The number of nitro groups is 1. The van der Waals surface area contributed by atoms with Gasteiger partial charge < -0.3 is 15.4 Å². The average molecular weight is 472 g/mol. The summed E-state index contributed by atoms with van der Waals surface area (Å²) in [6.07, 6.45) is 1.46. The van der Waals surface area contributed by atoms with E-state index in [0.717, 1.165) is 0 Å². The Balaban J connectivity index is 1.71. The Hall–Kier alpha value is -2.79. The highest BCUT2D eigenvalue weighted by atomic mass is 79.9. The van der Waals surface area contributed by atoms with Gasteiger partial charge >= 0.3 is 5.82 Å². The number of rotatable bonds is 6. The van der Waals surface area contributed by atoms with Crippen molar-refractivity contribution >= 4 is 45.1 Å². The van der Waals surface area contributed by atoms with Crippen LogP contribution in [0.2, 0.25) is 5.02 Å². The van der Waals surface area contributed by atoms with Gasteiger partial charge in [0.1, 0.15) is 21.9 Å². The lowest BCUT2D eigenvalue weighted by molar-refractivity contribution is -0.390. The topological polar surface area (TPSA) is 108 Å². The standard InChI is InChI=1S/C16H13BrClFN6O3/c1-9-14(17)16(25(27)28)22-24(9)8-13(26)20-15-11(18)7-23(21-15)6-10-4-2-3-5-12(10)19/h2-5,7H,6,8H2,1H3,(H,20,21,26). The molecule has 0 saturated heterocycles. The van der Waals surface area contributed by atoms with Crippen LogP contribution in [-0.2, 0) is 17.9 Å². The molecule has 1 aromatic carbocycles. The summed E-state index contributed by atoms with van der Waals surface area (Å²) < 4.78 is 16.6. The van der Waals surface area contributed by atoms with Gasteiger partial charge in [0, 0.05) is 11.8 Å². The first-order valence-electron chi connectivity index (χ1n) is 7.89. The van der Waals surface area contributed by atoms with Crippen LogP contribution >= 0.6 is 27.5 Å². The molecule has 0 atom stereocenters. The van der Waals surface area contributed by atoms with E-state index in [0.29, 0.717) is 11.3 Å². The van der Waals surface area contributed by atoms with Crippen molar-refractivity contribution in [3.8, 4) is 0 Å². The SMILES string of the molecule is Cc1c(Br)c([N+](=O)[O-])nn1CC(=O)Nc1nn(Cc2ccccc2F)cc1Cl. The predicted molar refractivity (Wildman–Crippen MR) is 103 cm³/mol. The van der Waals surface area contributed by atoms with Gasteiger partial charge in [0.05, 0.1) is 17.3 Å². The monoisotopic (exact) mass is 470 g/mol. The highest BCUT2D eigenvalue weighted by molar-refractivity contribution is 9.10. The second kappa shape index (κ2) is 8.07. The maximum Gasteiger partial charge on any atom is 0.404 e. The van der Waals surface area contributed by atoms with Gasteiger partial charge in [-0.1, -0.05) is 29.8 Å². The van der Waals surface area contributed by atoms with Crippen molar-refractivity contribution in [2.24, 2.45) is 0 Å². The Bertz CT molecular complexity index is 1070. The number of carbonyl (C=O) groups excluding carboxylic acids is 1. The first-order chi connectivity index (χ1) is 13.3. The number of anilines is 1. The minimum atomic E-state index is -0.646. The van der Waals surface area contributed by atoms with Gasteiger partial charge in [-0.05, 0) is 33.8 Å². The lowest BCUT2D eigenvalue weighted by Crippen LogP contribution is -2.21. The molecule has 0 aliphatic carbocycles. The van der Waals surface area contributed by atoms with E-state index in [1.54, 1.807) is 25.1 Å². The maximum absolute atomic E-state index is 13.8. The van der Waals surface area contributed by atoms with Gasteiger partial charge in [-0.3, -0.25) is 9.48 Å². The zero-order valence-corrected chi connectivity index (χ0v) is 16.7. The first-order valence-corrected chi connectivity index (χ1v) is 9.07. The Kier molecular flexibility index (Phi) is 5.75. The lowest BCUT2D eigenvalue weighted by Gasteiger charge is -2.04. The van der Waals surface area contributed by atoms with Crippen LogP contribution in [0, 0.1) is 22.9 Å². The summed E-state index contributed by atoms with van der Waals surface area (Å²) in [5.41, 5.74) is 0.849. The van der Waals surface area contributed by atoms with Crippen LogP contribution in [0.5, 0.6) is 0 Å². The third-order valence-corrected chi connectivity index (χ3v) is 5.05. The summed E-state index contributed by atoms with van der Waals surface area (Å²) in [6, 6.07) is 6.25. The third kappa shape index (κ3) is 4.20. The number of benzene rings is 1. The van der Waals surface area contributed by atoms with E-state index in [1.165, 1.54) is 21.6 Å². The van der Waals surface area contributed by atoms with Crippen molar-refractivity contribution in [3.05, 3.63) is 67.1 Å². The molecule has 2 aromatic heterocycles. The number of hydrogen-bond acceptors (Lipinski definition) is 5. The molecule has 0 aliphatic rings. The van der Waals surface area contributed by atoms with Crippen LogP contribution in [0.3, 0.4) is 0 Å². The van der Waals surface area contributed by atoms with Crippen molar-refractivity contribution in [1.29, 1.82) is 0 Å². The van der Waals surface area contributed by atoms with E-state index in [4.69, 9.17) is 11.6 Å². The van der Waals surface area contributed by atoms with Crippen LogP contribution in [-0.4, -0.2) is 30.4 Å². The molecule has 9 nitrogen and oxygen atoms in total. The molecule has 12 heteroatoms. The lowest BCUT2D eigenvalue weighted by atomic mass is 10.2. The maximum atomic E-state index is 13.8. The fourth-order valence-electron chi connectivity index (χ4n) is 2.45. The number of nitrogens with zero attached hydrogens (tertiary/aromatic N) is 5. The largest absolute Gasteiger partial charge is 0.404 e. The number of carbonyl (C=O) groups is 1. The van der Waals surface area contributed by atoms with Gasteiger partial charge in [-0.25, -0.2) is 4.39 Å². The van der Waals surface area contributed by atoms with Crippen LogP contribution in [0.1, 0.15) is 11.3 Å². The molecule has 0 bridgehead atoms. The summed E-state index contributed by atoms with van der Waals surface area (Å²) in [6.45, 7) is 1.46. The fraction of sp³-hybridized carbons (Fsp3) is 0.188. The zero-order valence-electron chi connectivity index (χ0n) is 14.4. The second-order valence-electron chi connectivity index (χ2n) is 5.80. The minimum Gasteiger partial charge on any atom is -0.358 e. The Morgan fingerprint density at radius 1 is 1.39 bits per heavy atom. The van der Waals surface area contributed by atoms with Crippen molar-refractivity contribution in [2.75, 3.05) is 5.32 Å². The molecular weight excluding hydrogens is 459 g/mol. The smallest absolute Gasteiger partial charge is 0.358 e. The van der Waals surface area contributed by atoms with Crippen LogP contribution in [0.15, 0.2) is 34.9 Å². The molecule has 0 aliphatic heterocycles. The first kappa shape index (κ1) is 20.0. The molecule has 1 N–H and O–H groups in total. The van der Waals surface area contributed by atoms with Crippen molar-refractivity contribution < 1.29 is 14.1 Å². The van der Waals surface area contributed by atoms with Gasteiger partial charge in [-0.2, -0.15) is 9.78 Å². The summed E-state index contributed by atoms with van der Waals surface area (Å²) >= 11 is 9.18. The molecule has 2 heterocycles. The Labute approximate surface area is 171 Å². The number of hydrogen-bond donors (Lipinski definition) is 1. The van der Waals surface area contributed by atoms with E-state index in [1.807, 2.05) is 0 Å². The van der Waals surface area contributed by atoms with Gasteiger partial charge in [0.15, 0.2) is 5.82 Å². The van der Waals surface area contributed by atoms with Crippen molar-refractivity contribution in [2.45, 2.75) is 20.0 Å². The molecule has 3 rings (SSSR count). The van der Waals surface area contributed by atoms with E-state index in [2.05, 4.69) is 31.4 Å². The van der Waals surface area contributed by atoms with E-state index >= 15 is 0 Å². The summed E-state index contributed by atoms with van der Waals surface area (Å²) in [4.78, 5) is 22.6. The molecule has 28 heavy (non-hydrogen) atoms. The fourth-order valence-corrected chi connectivity index (χ4v) is 3.08. The average Bonchev–Trinajstić information content (AvgIpc) is 3.11. The second-order valence-corrected chi connectivity index (χ2v) is 7.00. The Morgan fingerprint density at radius 2 is 2.11 bits per heavy atom. The van der Waals surface area contributed by atoms with Crippen LogP contribution in [0.4, 0.5) is 16.0 Å². The minimum absolute atomic E-state index is 0.0985. The quantitative estimate of drug-likeness (QED) is 0.437. The number of nitrogens with one attached hydrogen (secondary N) is 1. The summed E-state index contributed by atoms with van der Waals surface area (Å²) in [7, 11) is 0. The number of halogens is 3. The third-order valence-electron chi connectivity index (χ3n) is 3.85. The molecule has 0 saturated carbocycles. The highest BCUT2D eigenvalue weighted by Gasteiger charge is 2.25. The van der Waals surface area contributed by atoms with E-state index in [-0.39, 0.29) is 40.0 Å². The normalized spacial score (nSPS) is 10.9. The zero-order chi connectivity index (χ0) is 20.4.